The highest BCUT2D eigenvalue weighted by Crippen LogP contribution is 2.39. The van der Waals surface area contributed by atoms with Crippen molar-refractivity contribution in [2.75, 3.05) is 18.1 Å². The number of rotatable bonds is 5. The van der Waals surface area contributed by atoms with Crippen LogP contribution in [0, 0.1) is 0 Å². The quantitative estimate of drug-likeness (QED) is 0.487. The fourth-order valence-electron chi connectivity index (χ4n) is 3.65. The molecule has 0 bridgehead atoms. The van der Waals surface area contributed by atoms with E-state index in [0.717, 1.165) is 18.4 Å². The second-order valence-corrected chi connectivity index (χ2v) is 7.04. The summed E-state index contributed by atoms with van der Waals surface area (Å²) < 4.78 is 5.53. The molecule has 6 heteroatoms. The van der Waals surface area contributed by atoms with Crippen molar-refractivity contribution in [3.05, 3.63) is 35.1 Å². The van der Waals surface area contributed by atoms with Crippen LogP contribution < -0.4 is 9.64 Å². The molecule has 0 atom stereocenters. The van der Waals surface area contributed by atoms with Crippen LogP contribution in [0.4, 0.5) is 5.69 Å². The summed E-state index contributed by atoms with van der Waals surface area (Å²) in [5.74, 6) is -0.450. The molecule has 1 saturated carbocycles. The van der Waals surface area contributed by atoms with Crippen LogP contribution >= 0.6 is 0 Å². The zero-order chi connectivity index (χ0) is 19.6. The standard InChI is InChI=1S/C21H25NO5/c1-3-5-8-22-15-9-13(6-7-19(15)27-12-20(22)26)14-10-17(24)21(16(23)4-2)18(25)11-14/h6-7,9,14,23H,3-5,8,10-12H2,1-2H3. The lowest BCUT2D eigenvalue weighted by Crippen LogP contribution is -2.39. The summed E-state index contributed by atoms with van der Waals surface area (Å²) in [6.45, 7) is 4.43. The van der Waals surface area contributed by atoms with Crippen LogP contribution in [-0.2, 0) is 14.4 Å². The number of carbonyl (C=O) groups is 3. The summed E-state index contributed by atoms with van der Waals surface area (Å²) in [6, 6.07) is 5.52. The second-order valence-electron chi connectivity index (χ2n) is 7.04. The fourth-order valence-corrected chi connectivity index (χ4v) is 3.65. The van der Waals surface area contributed by atoms with E-state index in [1.807, 2.05) is 12.1 Å². The van der Waals surface area contributed by atoms with E-state index in [4.69, 9.17) is 4.74 Å². The molecule has 1 aliphatic carbocycles. The third-order valence-corrected chi connectivity index (χ3v) is 5.18. The average Bonchev–Trinajstić information content (AvgIpc) is 2.66. The van der Waals surface area contributed by atoms with E-state index < -0.39 is 0 Å². The van der Waals surface area contributed by atoms with Crippen molar-refractivity contribution >= 4 is 23.2 Å². The molecule has 27 heavy (non-hydrogen) atoms. The largest absolute Gasteiger partial charge is 0.511 e. The highest BCUT2D eigenvalue weighted by Gasteiger charge is 2.34. The molecular formula is C21H25NO5. The van der Waals surface area contributed by atoms with E-state index in [0.29, 0.717) is 18.0 Å². The van der Waals surface area contributed by atoms with E-state index in [9.17, 15) is 19.5 Å². The molecule has 0 spiro atoms. The van der Waals surface area contributed by atoms with Crippen LogP contribution in [0.25, 0.3) is 0 Å². The topological polar surface area (TPSA) is 83.9 Å². The van der Waals surface area contributed by atoms with Gasteiger partial charge in [-0.15, -0.1) is 0 Å². The molecule has 1 N–H and O–H groups in total. The van der Waals surface area contributed by atoms with Crippen LogP contribution in [0.2, 0.25) is 0 Å². The Kier molecular flexibility index (Phi) is 5.63. The molecule has 0 radical (unpaired) electrons. The van der Waals surface area contributed by atoms with E-state index in [-0.39, 0.29) is 60.6 Å². The summed E-state index contributed by atoms with van der Waals surface area (Å²) in [5, 5.41) is 9.86. The van der Waals surface area contributed by atoms with Gasteiger partial charge in [0, 0.05) is 25.8 Å². The predicted molar refractivity (Wildman–Crippen MR) is 101 cm³/mol. The summed E-state index contributed by atoms with van der Waals surface area (Å²) in [6.07, 6.45) is 2.48. The van der Waals surface area contributed by atoms with Crippen molar-refractivity contribution in [2.24, 2.45) is 0 Å². The first-order valence-electron chi connectivity index (χ1n) is 9.51. The first-order valence-corrected chi connectivity index (χ1v) is 9.51. The minimum absolute atomic E-state index is 0.0287. The molecule has 1 aromatic carbocycles. The van der Waals surface area contributed by atoms with Gasteiger partial charge in [0.1, 0.15) is 11.5 Å². The fraction of sp³-hybridized carbons (Fsp3) is 0.476. The number of aliphatic hydroxyl groups excluding tert-OH is 1. The Morgan fingerprint density at radius 2 is 1.89 bits per heavy atom. The second kappa shape index (κ2) is 7.94. The molecule has 144 valence electrons. The Balaban J connectivity index is 1.89. The SMILES string of the molecule is CCCCN1C(=O)COc2ccc(C3CC(=O)C(=C(O)CC)C(=O)C3)cc21. The number of ether oxygens (including phenoxy) is 1. The van der Waals surface area contributed by atoms with Gasteiger partial charge in [-0.25, -0.2) is 0 Å². The molecule has 0 saturated heterocycles. The highest BCUT2D eigenvalue weighted by atomic mass is 16.5. The molecular weight excluding hydrogens is 346 g/mol. The van der Waals surface area contributed by atoms with Gasteiger partial charge in [-0.1, -0.05) is 26.3 Å². The highest BCUT2D eigenvalue weighted by molar-refractivity contribution is 6.22. The average molecular weight is 371 g/mol. The normalized spacial score (nSPS) is 19.8. The van der Waals surface area contributed by atoms with Gasteiger partial charge in [-0.05, 0) is 30.0 Å². The Labute approximate surface area is 158 Å². The van der Waals surface area contributed by atoms with Gasteiger partial charge in [-0.2, -0.15) is 0 Å². The number of aliphatic hydroxyl groups is 1. The summed E-state index contributed by atoms with van der Waals surface area (Å²) in [4.78, 5) is 38.8. The first kappa shape index (κ1) is 19.1. The number of ketones is 2. The summed E-state index contributed by atoms with van der Waals surface area (Å²) >= 11 is 0. The van der Waals surface area contributed by atoms with Crippen molar-refractivity contribution in [2.45, 2.75) is 51.9 Å². The number of anilines is 1. The number of benzene rings is 1. The molecule has 3 rings (SSSR count). The summed E-state index contributed by atoms with van der Waals surface area (Å²) in [5.41, 5.74) is 1.50. The number of carbonyl (C=O) groups excluding carboxylic acids is 3. The van der Waals surface area contributed by atoms with Crippen molar-refractivity contribution in [3.63, 3.8) is 0 Å². The number of hydrogen-bond donors (Lipinski definition) is 1. The minimum Gasteiger partial charge on any atom is -0.511 e. The first-order chi connectivity index (χ1) is 13.0. The van der Waals surface area contributed by atoms with E-state index in [1.165, 1.54) is 0 Å². The minimum atomic E-state index is -0.316. The van der Waals surface area contributed by atoms with Gasteiger partial charge in [0.25, 0.3) is 5.91 Å². The lowest BCUT2D eigenvalue weighted by atomic mass is 9.79. The van der Waals surface area contributed by atoms with E-state index >= 15 is 0 Å². The molecule has 1 aliphatic heterocycles. The van der Waals surface area contributed by atoms with Gasteiger partial charge in [0.2, 0.25) is 0 Å². The zero-order valence-electron chi connectivity index (χ0n) is 15.8. The Bertz CT molecular complexity index is 791. The molecule has 1 heterocycles. The lowest BCUT2D eigenvalue weighted by Gasteiger charge is -2.31. The van der Waals surface area contributed by atoms with E-state index in [2.05, 4.69) is 6.92 Å². The third-order valence-electron chi connectivity index (χ3n) is 5.18. The maximum Gasteiger partial charge on any atom is 0.265 e. The van der Waals surface area contributed by atoms with Crippen molar-refractivity contribution in [1.29, 1.82) is 0 Å². The maximum absolute atomic E-state index is 12.4. The van der Waals surface area contributed by atoms with Gasteiger partial charge in [0.05, 0.1) is 11.3 Å². The van der Waals surface area contributed by atoms with Crippen molar-refractivity contribution in [1.82, 2.24) is 0 Å². The van der Waals surface area contributed by atoms with Gasteiger partial charge in [-0.3, -0.25) is 14.4 Å². The Morgan fingerprint density at radius 1 is 1.19 bits per heavy atom. The van der Waals surface area contributed by atoms with Gasteiger partial charge in [0.15, 0.2) is 18.2 Å². The summed E-state index contributed by atoms with van der Waals surface area (Å²) in [7, 11) is 0. The number of unbranched alkanes of at least 4 members (excludes halogenated alkanes) is 1. The van der Waals surface area contributed by atoms with Crippen LogP contribution in [0.5, 0.6) is 5.75 Å². The Hall–Kier alpha value is -2.63. The molecule has 1 aromatic rings. The maximum atomic E-state index is 12.4. The number of amides is 1. The molecule has 1 amide bonds. The lowest BCUT2D eigenvalue weighted by molar-refractivity contribution is -0.125. The van der Waals surface area contributed by atoms with Crippen LogP contribution in [0.3, 0.4) is 0 Å². The number of fused-ring (bicyclic) bond motifs is 1. The molecule has 1 fully saturated rings. The number of Topliss-reactive ketones (excluding diaryl/α,β-unsaturated/α-hetero) is 2. The van der Waals surface area contributed by atoms with Crippen LogP contribution in [0.15, 0.2) is 29.5 Å². The smallest absolute Gasteiger partial charge is 0.265 e. The molecule has 6 nitrogen and oxygen atoms in total. The van der Waals surface area contributed by atoms with Crippen LogP contribution in [0.1, 0.15) is 57.4 Å². The number of hydrogen-bond acceptors (Lipinski definition) is 5. The Morgan fingerprint density at radius 3 is 2.52 bits per heavy atom. The molecule has 2 aliphatic rings. The third kappa shape index (κ3) is 3.75. The van der Waals surface area contributed by atoms with E-state index in [1.54, 1.807) is 17.9 Å². The zero-order valence-corrected chi connectivity index (χ0v) is 15.8. The van der Waals surface area contributed by atoms with Crippen molar-refractivity contribution < 1.29 is 24.2 Å². The van der Waals surface area contributed by atoms with Gasteiger partial charge >= 0.3 is 0 Å². The number of allylic oxidation sites excluding steroid dienone is 2. The molecule has 0 unspecified atom stereocenters. The number of nitrogens with zero attached hydrogens (tertiary/aromatic N) is 1. The molecule has 0 aromatic heterocycles. The van der Waals surface area contributed by atoms with Crippen molar-refractivity contribution in [3.8, 4) is 5.75 Å². The van der Waals surface area contributed by atoms with Gasteiger partial charge < -0.3 is 14.7 Å². The predicted octanol–water partition coefficient (Wildman–Crippen LogP) is 3.45. The van der Waals surface area contributed by atoms with Crippen LogP contribution in [-0.4, -0.2) is 35.7 Å². The monoisotopic (exact) mass is 371 g/mol.